The van der Waals surface area contributed by atoms with Crippen molar-refractivity contribution in [2.75, 3.05) is 12.9 Å². The van der Waals surface area contributed by atoms with Crippen molar-refractivity contribution in [1.82, 2.24) is 0 Å². The third-order valence-electron chi connectivity index (χ3n) is 1.88. The Morgan fingerprint density at radius 1 is 1.35 bits per heavy atom. The Hall–Kier alpha value is -1.14. The Balaban J connectivity index is 2.60. The van der Waals surface area contributed by atoms with Gasteiger partial charge in [0, 0.05) is 0 Å². The summed E-state index contributed by atoms with van der Waals surface area (Å²) in [5.41, 5.74) is 0. The van der Waals surface area contributed by atoms with Crippen LogP contribution in [0, 0.1) is 0 Å². The Labute approximate surface area is 107 Å². The minimum Gasteiger partial charge on any atom is -0.460 e. The van der Waals surface area contributed by atoms with E-state index in [0.717, 1.165) is 4.21 Å². The highest BCUT2D eigenvalue weighted by Crippen LogP contribution is 2.25. The lowest BCUT2D eigenvalue weighted by Gasteiger charge is -1.99. The van der Waals surface area contributed by atoms with Crippen LogP contribution in [0.1, 0.15) is 23.0 Å². The van der Waals surface area contributed by atoms with Gasteiger partial charge in [0.05, 0.1) is 22.1 Å². The molecule has 1 aromatic heterocycles. The van der Waals surface area contributed by atoms with Gasteiger partial charge < -0.3 is 4.74 Å². The van der Waals surface area contributed by atoms with Crippen LogP contribution in [0.3, 0.4) is 0 Å². The van der Waals surface area contributed by atoms with E-state index in [4.69, 9.17) is 0 Å². The highest BCUT2D eigenvalue weighted by molar-refractivity contribution is 8.00. The molecule has 1 aromatic rings. The van der Waals surface area contributed by atoms with Crippen molar-refractivity contribution in [3.63, 3.8) is 0 Å². The number of esters is 1. The highest BCUT2D eigenvalue weighted by Gasteiger charge is 2.20. The van der Waals surface area contributed by atoms with E-state index in [0.29, 0.717) is 4.88 Å². The molecule has 0 unspecified atom stereocenters. The first-order valence-corrected chi connectivity index (χ1v) is 6.99. The lowest BCUT2D eigenvalue weighted by Crippen LogP contribution is -2.20. The summed E-state index contributed by atoms with van der Waals surface area (Å²) >= 11 is 2.85. The molecular formula is C11H12O4S2. The maximum absolute atomic E-state index is 11.7. The molecule has 0 radical (unpaired) electrons. The summed E-state index contributed by atoms with van der Waals surface area (Å²) in [6.45, 7) is 1.74. The number of ketones is 2. The second kappa shape index (κ2) is 6.56. The minimum atomic E-state index is -0.942. The highest BCUT2D eigenvalue weighted by atomic mass is 32.2. The molecule has 0 aliphatic rings. The molecule has 0 atom stereocenters. The number of thioether (sulfide) groups is 1. The Bertz CT molecular complexity index is 436. The molecule has 6 heteroatoms. The van der Waals surface area contributed by atoms with Crippen LogP contribution >= 0.6 is 23.1 Å². The number of rotatable bonds is 6. The topological polar surface area (TPSA) is 60.4 Å². The van der Waals surface area contributed by atoms with Crippen LogP contribution in [0.25, 0.3) is 0 Å². The normalized spacial score (nSPS) is 10.0. The molecule has 1 rings (SSSR count). The molecule has 0 aliphatic carbocycles. The summed E-state index contributed by atoms with van der Waals surface area (Å²) in [5.74, 6) is -2.08. The molecule has 0 spiro atoms. The van der Waals surface area contributed by atoms with Gasteiger partial charge in [-0.25, -0.2) is 4.79 Å². The number of hydrogen-bond donors (Lipinski definition) is 0. The lowest BCUT2D eigenvalue weighted by atomic mass is 10.2. The zero-order valence-electron chi connectivity index (χ0n) is 9.52. The molecule has 0 N–H and O–H groups in total. The molecule has 0 aromatic carbocycles. The molecule has 0 saturated heterocycles. The third-order valence-corrected chi connectivity index (χ3v) is 4.09. The summed E-state index contributed by atoms with van der Waals surface area (Å²) in [6.07, 6.45) is 1.48. The van der Waals surface area contributed by atoms with E-state index >= 15 is 0 Å². The molecule has 0 fully saturated rings. The van der Waals surface area contributed by atoms with Crippen LogP contribution in [-0.4, -0.2) is 30.4 Å². The van der Waals surface area contributed by atoms with Crippen molar-refractivity contribution in [2.24, 2.45) is 0 Å². The average molecular weight is 272 g/mol. The fourth-order valence-corrected chi connectivity index (χ4v) is 2.58. The second-order valence-electron chi connectivity index (χ2n) is 3.07. The first-order valence-electron chi connectivity index (χ1n) is 4.95. The molecule has 0 bridgehead atoms. The zero-order chi connectivity index (χ0) is 12.8. The number of ether oxygens (including phenoxy) is 1. The van der Waals surface area contributed by atoms with Gasteiger partial charge in [0.1, 0.15) is 0 Å². The summed E-state index contributed by atoms with van der Waals surface area (Å²) < 4.78 is 5.52. The maximum Gasteiger partial charge on any atom is 0.375 e. The third kappa shape index (κ3) is 3.98. The smallest absolute Gasteiger partial charge is 0.375 e. The van der Waals surface area contributed by atoms with Gasteiger partial charge in [0.15, 0.2) is 5.78 Å². The summed E-state index contributed by atoms with van der Waals surface area (Å²) in [7, 11) is 0. The second-order valence-corrected chi connectivity index (χ2v) is 5.26. The first-order chi connectivity index (χ1) is 8.08. The molecule has 92 valence electrons. The van der Waals surface area contributed by atoms with Crippen LogP contribution in [0.5, 0.6) is 0 Å². The molecule has 1 heterocycles. The minimum absolute atomic E-state index is 0.133. The number of Topliss-reactive ketones (excluding diaryl/α,β-unsaturated/α-hetero) is 2. The molecule has 17 heavy (non-hydrogen) atoms. The fraction of sp³-hybridized carbons (Fsp3) is 0.364. The molecule has 0 amide bonds. The Kier molecular flexibility index (Phi) is 5.37. The van der Waals surface area contributed by atoms with Crippen molar-refractivity contribution < 1.29 is 19.1 Å². The Morgan fingerprint density at radius 2 is 2.06 bits per heavy atom. The van der Waals surface area contributed by atoms with E-state index in [1.165, 1.54) is 23.1 Å². The predicted octanol–water partition coefficient (Wildman–Crippen LogP) is 2.17. The van der Waals surface area contributed by atoms with Crippen LogP contribution < -0.4 is 0 Å². The lowest BCUT2D eigenvalue weighted by molar-refractivity contribution is -0.153. The van der Waals surface area contributed by atoms with Gasteiger partial charge in [-0.3, -0.25) is 9.59 Å². The Morgan fingerprint density at radius 3 is 2.59 bits per heavy atom. The number of thiophene rings is 1. The van der Waals surface area contributed by atoms with Crippen molar-refractivity contribution in [2.45, 2.75) is 17.6 Å². The summed E-state index contributed by atoms with van der Waals surface area (Å²) in [4.78, 5) is 34.5. The average Bonchev–Trinajstić information content (AvgIpc) is 2.77. The van der Waals surface area contributed by atoms with Crippen molar-refractivity contribution >= 4 is 40.6 Å². The quantitative estimate of drug-likeness (QED) is 0.261. The molecule has 4 nitrogen and oxygen atoms in total. The summed E-state index contributed by atoms with van der Waals surface area (Å²) in [6, 6.07) is 3.48. The van der Waals surface area contributed by atoms with E-state index in [9.17, 15) is 14.4 Å². The number of hydrogen-bond acceptors (Lipinski definition) is 6. The number of carbonyl (C=O) groups is 3. The maximum atomic E-state index is 11.7. The van der Waals surface area contributed by atoms with Gasteiger partial charge in [-0.2, -0.15) is 0 Å². The van der Waals surface area contributed by atoms with E-state index in [2.05, 4.69) is 4.74 Å². The predicted molar refractivity (Wildman–Crippen MR) is 66.7 cm³/mol. The zero-order valence-corrected chi connectivity index (χ0v) is 11.2. The SMILES string of the molecule is CCOC(=O)C(=O)CC(=O)c1ccc(SC)s1. The van der Waals surface area contributed by atoms with E-state index in [1.807, 2.05) is 12.3 Å². The van der Waals surface area contributed by atoms with Gasteiger partial charge in [0.2, 0.25) is 5.78 Å². The standard InChI is InChI=1S/C11H12O4S2/c1-3-15-11(14)8(13)6-7(12)9-4-5-10(16-2)17-9/h4-5H,3,6H2,1-2H3. The van der Waals surface area contributed by atoms with Crippen LogP contribution in [0.15, 0.2) is 16.3 Å². The van der Waals surface area contributed by atoms with Crippen LogP contribution in [0.2, 0.25) is 0 Å². The van der Waals surface area contributed by atoms with E-state index in [-0.39, 0.29) is 12.4 Å². The molecule has 0 aliphatic heterocycles. The van der Waals surface area contributed by atoms with E-state index < -0.39 is 18.2 Å². The fourth-order valence-electron chi connectivity index (χ4n) is 1.10. The van der Waals surface area contributed by atoms with Crippen LogP contribution in [-0.2, 0) is 14.3 Å². The summed E-state index contributed by atoms with van der Waals surface area (Å²) in [5, 5.41) is 0. The van der Waals surface area contributed by atoms with Gasteiger partial charge >= 0.3 is 5.97 Å². The van der Waals surface area contributed by atoms with Crippen LogP contribution in [0.4, 0.5) is 0 Å². The van der Waals surface area contributed by atoms with Gasteiger partial charge in [-0.15, -0.1) is 23.1 Å². The molecular weight excluding hydrogens is 260 g/mol. The van der Waals surface area contributed by atoms with Crippen molar-refractivity contribution in [3.8, 4) is 0 Å². The van der Waals surface area contributed by atoms with Crippen molar-refractivity contribution in [1.29, 1.82) is 0 Å². The van der Waals surface area contributed by atoms with Gasteiger partial charge in [-0.05, 0) is 25.3 Å². The number of carbonyl (C=O) groups excluding carboxylic acids is 3. The van der Waals surface area contributed by atoms with Crippen molar-refractivity contribution in [3.05, 3.63) is 17.0 Å². The van der Waals surface area contributed by atoms with Gasteiger partial charge in [0.25, 0.3) is 0 Å². The monoisotopic (exact) mass is 272 g/mol. The van der Waals surface area contributed by atoms with E-state index in [1.54, 1.807) is 13.0 Å². The van der Waals surface area contributed by atoms with Gasteiger partial charge in [-0.1, -0.05) is 0 Å². The molecule has 0 saturated carbocycles. The largest absolute Gasteiger partial charge is 0.460 e. The first kappa shape index (κ1) is 13.9.